The summed E-state index contributed by atoms with van der Waals surface area (Å²) in [4.78, 5) is 15.7. The Balaban J connectivity index is 1.85. The summed E-state index contributed by atoms with van der Waals surface area (Å²) in [6.07, 6.45) is 0. The lowest BCUT2D eigenvalue weighted by Crippen LogP contribution is -2.20. The van der Waals surface area contributed by atoms with Crippen LogP contribution in [0.15, 0.2) is 34.1 Å². The molecule has 94 valence electrons. The van der Waals surface area contributed by atoms with Crippen molar-refractivity contribution >= 4 is 38.3 Å². The van der Waals surface area contributed by atoms with Crippen molar-refractivity contribution in [1.82, 2.24) is 4.98 Å². The molecule has 0 saturated heterocycles. The van der Waals surface area contributed by atoms with E-state index in [-0.39, 0.29) is 12.5 Å². The van der Waals surface area contributed by atoms with Crippen LogP contribution in [0.5, 0.6) is 5.75 Å². The van der Waals surface area contributed by atoms with E-state index in [4.69, 9.17) is 4.74 Å². The SMILES string of the molecule is Cc1csc(NC(=O)COc2cccc(Br)c2)n1. The Morgan fingerprint density at radius 1 is 1.56 bits per heavy atom. The van der Waals surface area contributed by atoms with Gasteiger partial charge in [-0.3, -0.25) is 10.1 Å². The Kier molecular flexibility index (Phi) is 4.33. The van der Waals surface area contributed by atoms with Crippen LogP contribution in [-0.4, -0.2) is 17.5 Å². The van der Waals surface area contributed by atoms with Gasteiger partial charge in [-0.2, -0.15) is 0 Å². The van der Waals surface area contributed by atoms with Crippen molar-refractivity contribution < 1.29 is 9.53 Å². The number of hydrogen-bond donors (Lipinski definition) is 1. The largest absolute Gasteiger partial charge is 0.484 e. The van der Waals surface area contributed by atoms with Gasteiger partial charge in [-0.1, -0.05) is 22.0 Å². The summed E-state index contributed by atoms with van der Waals surface area (Å²) >= 11 is 4.73. The Morgan fingerprint density at radius 3 is 3.06 bits per heavy atom. The van der Waals surface area contributed by atoms with Crippen molar-refractivity contribution in [3.63, 3.8) is 0 Å². The third-order valence-corrected chi connectivity index (χ3v) is 3.40. The summed E-state index contributed by atoms with van der Waals surface area (Å²) in [6.45, 7) is 1.85. The second kappa shape index (κ2) is 5.97. The molecule has 0 radical (unpaired) electrons. The summed E-state index contributed by atoms with van der Waals surface area (Å²) in [5.41, 5.74) is 0.892. The summed E-state index contributed by atoms with van der Waals surface area (Å²) in [5, 5.41) is 5.15. The Bertz CT molecular complexity index is 557. The first kappa shape index (κ1) is 13.0. The number of thiazole rings is 1. The quantitative estimate of drug-likeness (QED) is 0.938. The molecule has 1 aromatic carbocycles. The number of carbonyl (C=O) groups excluding carboxylic acids is 1. The first-order valence-electron chi connectivity index (χ1n) is 5.24. The minimum absolute atomic E-state index is 0.0327. The Morgan fingerprint density at radius 2 is 2.39 bits per heavy atom. The highest BCUT2D eigenvalue weighted by molar-refractivity contribution is 9.10. The number of nitrogens with zero attached hydrogens (tertiary/aromatic N) is 1. The first-order chi connectivity index (χ1) is 8.63. The lowest BCUT2D eigenvalue weighted by atomic mass is 10.3. The average Bonchev–Trinajstić information content (AvgIpc) is 2.72. The molecule has 6 heteroatoms. The van der Waals surface area contributed by atoms with Crippen LogP contribution in [0.2, 0.25) is 0 Å². The molecule has 0 bridgehead atoms. The van der Waals surface area contributed by atoms with Crippen LogP contribution in [-0.2, 0) is 4.79 Å². The summed E-state index contributed by atoms with van der Waals surface area (Å²) in [6, 6.07) is 7.35. The van der Waals surface area contributed by atoms with Crippen LogP contribution >= 0.6 is 27.3 Å². The molecule has 0 fully saturated rings. The normalized spacial score (nSPS) is 10.1. The maximum atomic E-state index is 11.6. The van der Waals surface area contributed by atoms with Gasteiger partial charge in [-0.25, -0.2) is 4.98 Å². The number of anilines is 1. The topological polar surface area (TPSA) is 51.2 Å². The van der Waals surface area contributed by atoms with E-state index in [0.717, 1.165) is 10.2 Å². The fraction of sp³-hybridized carbons (Fsp3) is 0.167. The van der Waals surface area contributed by atoms with Gasteiger partial charge in [-0.15, -0.1) is 11.3 Å². The van der Waals surface area contributed by atoms with E-state index in [1.807, 2.05) is 24.4 Å². The summed E-state index contributed by atoms with van der Waals surface area (Å²) in [7, 11) is 0. The Labute approximate surface area is 117 Å². The first-order valence-corrected chi connectivity index (χ1v) is 6.91. The minimum Gasteiger partial charge on any atom is -0.484 e. The molecular formula is C12H11BrN2O2S. The molecule has 0 spiro atoms. The molecule has 0 aliphatic carbocycles. The highest BCUT2D eigenvalue weighted by atomic mass is 79.9. The van der Waals surface area contributed by atoms with Gasteiger partial charge in [0.2, 0.25) is 0 Å². The van der Waals surface area contributed by atoms with Crippen LogP contribution < -0.4 is 10.1 Å². The van der Waals surface area contributed by atoms with Crippen LogP contribution in [0, 0.1) is 6.92 Å². The van der Waals surface area contributed by atoms with Gasteiger partial charge in [0.1, 0.15) is 5.75 Å². The number of hydrogen-bond acceptors (Lipinski definition) is 4. The van der Waals surface area contributed by atoms with E-state index in [9.17, 15) is 4.79 Å². The number of halogens is 1. The van der Waals surface area contributed by atoms with E-state index in [1.54, 1.807) is 12.1 Å². The third-order valence-electron chi connectivity index (χ3n) is 2.03. The molecule has 1 aromatic heterocycles. The molecular weight excluding hydrogens is 316 g/mol. The fourth-order valence-corrected chi connectivity index (χ4v) is 2.35. The number of nitrogens with one attached hydrogen (secondary N) is 1. The molecule has 1 amide bonds. The van der Waals surface area contributed by atoms with Crippen molar-refractivity contribution in [1.29, 1.82) is 0 Å². The van der Waals surface area contributed by atoms with Crippen LogP contribution in [0.1, 0.15) is 5.69 Å². The molecule has 1 N–H and O–H groups in total. The fourth-order valence-electron chi connectivity index (χ4n) is 1.27. The molecule has 4 nitrogen and oxygen atoms in total. The van der Waals surface area contributed by atoms with Crippen molar-refractivity contribution in [2.45, 2.75) is 6.92 Å². The third kappa shape index (κ3) is 3.82. The highest BCUT2D eigenvalue weighted by Gasteiger charge is 2.06. The summed E-state index contributed by atoms with van der Waals surface area (Å²) < 4.78 is 6.28. The molecule has 1 heterocycles. The number of carbonyl (C=O) groups is 1. The molecule has 2 aromatic rings. The maximum Gasteiger partial charge on any atom is 0.264 e. The number of amides is 1. The van der Waals surface area contributed by atoms with E-state index in [1.165, 1.54) is 11.3 Å². The minimum atomic E-state index is -0.218. The number of aromatic nitrogens is 1. The van der Waals surface area contributed by atoms with Crippen LogP contribution in [0.3, 0.4) is 0 Å². The lowest BCUT2D eigenvalue weighted by molar-refractivity contribution is -0.118. The van der Waals surface area contributed by atoms with E-state index >= 15 is 0 Å². The van der Waals surface area contributed by atoms with Gasteiger partial charge in [-0.05, 0) is 25.1 Å². The maximum absolute atomic E-state index is 11.6. The zero-order chi connectivity index (χ0) is 13.0. The number of benzene rings is 1. The predicted octanol–water partition coefficient (Wildman–Crippen LogP) is 3.23. The smallest absolute Gasteiger partial charge is 0.264 e. The molecule has 0 aliphatic heterocycles. The van der Waals surface area contributed by atoms with Gasteiger partial charge < -0.3 is 4.74 Å². The molecule has 18 heavy (non-hydrogen) atoms. The Hall–Kier alpha value is -1.40. The van der Waals surface area contributed by atoms with Crippen molar-refractivity contribution in [3.8, 4) is 5.75 Å². The van der Waals surface area contributed by atoms with Gasteiger partial charge in [0.05, 0.1) is 5.69 Å². The van der Waals surface area contributed by atoms with E-state index in [2.05, 4.69) is 26.2 Å². The second-order valence-electron chi connectivity index (χ2n) is 3.59. The molecule has 0 unspecified atom stereocenters. The van der Waals surface area contributed by atoms with Gasteiger partial charge in [0.15, 0.2) is 11.7 Å². The molecule has 0 atom stereocenters. The van der Waals surface area contributed by atoms with Crippen molar-refractivity contribution in [2.24, 2.45) is 0 Å². The lowest BCUT2D eigenvalue weighted by Gasteiger charge is -2.05. The van der Waals surface area contributed by atoms with Gasteiger partial charge in [0.25, 0.3) is 5.91 Å². The summed E-state index contributed by atoms with van der Waals surface area (Å²) in [5.74, 6) is 0.430. The molecule has 0 saturated carbocycles. The van der Waals surface area contributed by atoms with E-state index in [0.29, 0.717) is 10.9 Å². The second-order valence-corrected chi connectivity index (χ2v) is 5.36. The van der Waals surface area contributed by atoms with E-state index < -0.39 is 0 Å². The van der Waals surface area contributed by atoms with Crippen LogP contribution in [0.4, 0.5) is 5.13 Å². The highest BCUT2D eigenvalue weighted by Crippen LogP contribution is 2.18. The zero-order valence-corrected chi connectivity index (χ0v) is 12.0. The van der Waals surface area contributed by atoms with Crippen LogP contribution in [0.25, 0.3) is 0 Å². The van der Waals surface area contributed by atoms with Crippen molar-refractivity contribution in [3.05, 3.63) is 39.8 Å². The van der Waals surface area contributed by atoms with Gasteiger partial charge in [0, 0.05) is 9.85 Å². The monoisotopic (exact) mass is 326 g/mol. The average molecular weight is 327 g/mol. The number of aryl methyl sites for hydroxylation is 1. The molecule has 2 rings (SSSR count). The van der Waals surface area contributed by atoms with Gasteiger partial charge >= 0.3 is 0 Å². The number of rotatable bonds is 4. The molecule has 0 aliphatic rings. The zero-order valence-electron chi connectivity index (χ0n) is 9.64. The predicted molar refractivity (Wildman–Crippen MR) is 75.1 cm³/mol. The van der Waals surface area contributed by atoms with Crippen molar-refractivity contribution in [2.75, 3.05) is 11.9 Å². The standard InChI is InChI=1S/C12H11BrN2O2S/c1-8-7-18-12(14-8)15-11(16)6-17-10-4-2-3-9(13)5-10/h2-5,7H,6H2,1H3,(H,14,15,16). The number of ether oxygens (including phenoxy) is 1.